The number of hydrogen-bond acceptors (Lipinski definition) is 8. The van der Waals surface area contributed by atoms with Gasteiger partial charge in [0.1, 0.15) is 6.61 Å². The highest BCUT2D eigenvalue weighted by atomic mass is 32.1. The van der Waals surface area contributed by atoms with E-state index in [0.29, 0.717) is 28.7 Å². The first-order chi connectivity index (χ1) is 14.1. The van der Waals surface area contributed by atoms with Gasteiger partial charge in [0.15, 0.2) is 23.0 Å². The molecular formula is C21H28O7S. The standard InChI is InChI=1S/C21H28O7S/c1-12-18(27-9-8-22)20(26-5)21(29-12)15-7-6-14(28-15)13-10-16(23-2)19(25-4)17(11-13)24-3/h10-11,14-15,22H,6-9H2,1-5H3/t14-,15-/m1/s1. The Morgan fingerprint density at radius 1 is 0.931 bits per heavy atom. The van der Waals surface area contributed by atoms with Gasteiger partial charge in [-0.1, -0.05) is 0 Å². The predicted octanol–water partition coefficient (Wildman–Crippen LogP) is 4.05. The van der Waals surface area contributed by atoms with Crippen LogP contribution in [0.25, 0.3) is 0 Å². The number of aliphatic hydroxyl groups excluding tert-OH is 1. The van der Waals surface area contributed by atoms with Gasteiger partial charge >= 0.3 is 0 Å². The second-order valence-electron chi connectivity index (χ2n) is 6.61. The molecule has 8 heteroatoms. The van der Waals surface area contributed by atoms with Crippen LogP contribution in [0.15, 0.2) is 12.1 Å². The average molecular weight is 425 g/mol. The lowest BCUT2D eigenvalue weighted by Crippen LogP contribution is -2.04. The fourth-order valence-electron chi connectivity index (χ4n) is 3.61. The number of hydrogen-bond donors (Lipinski definition) is 1. The van der Waals surface area contributed by atoms with Crippen molar-refractivity contribution in [3.8, 4) is 28.7 Å². The molecule has 3 rings (SSSR count). The zero-order valence-electron chi connectivity index (χ0n) is 17.4. The molecule has 2 aromatic rings. The lowest BCUT2D eigenvalue weighted by molar-refractivity contribution is 0.0444. The third-order valence-corrected chi connectivity index (χ3v) is 6.09. The molecular weight excluding hydrogens is 396 g/mol. The van der Waals surface area contributed by atoms with Crippen LogP contribution in [0.1, 0.15) is 40.4 Å². The SMILES string of the molecule is COc1cc([C@H]2CC[C@H](c3sc(C)c(OCCO)c3OC)O2)cc(OC)c1OC. The number of thiophene rings is 1. The lowest BCUT2D eigenvalue weighted by Gasteiger charge is -2.18. The molecule has 0 bridgehead atoms. The van der Waals surface area contributed by atoms with E-state index in [4.69, 9.17) is 33.5 Å². The third kappa shape index (κ3) is 4.24. The number of aliphatic hydroxyl groups is 1. The minimum Gasteiger partial charge on any atom is -0.493 e. The fraction of sp³-hybridized carbons (Fsp3) is 0.524. The molecule has 0 unspecified atom stereocenters. The van der Waals surface area contributed by atoms with Gasteiger partial charge in [-0.05, 0) is 37.5 Å². The van der Waals surface area contributed by atoms with E-state index in [2.05, 4.69) is 0 Å². The summed E-state index contributed by atoms with van der Waals surface area (Å²) < 4.78 is 34.0. The fourth-order valence-corrected chi connectivity index (χ4v) is 4.76. The third-order valence-electron chi connectivity index (χ3n) is 4.93. The normalized spacial score (nSPS) is 18.6. The Balaban J connectivity index is 1.86. The van der Waals surface area contributed by atoms with Crippen molar-refractivity contribution in [2.75, 3.05) is 41.7 Å². The van der Waals surface area contributed by atoms with Gasteiger partial charge in [-0.2, -0.15) is 0 Å². The van der Waals surface area contributed by atoms with Crippen LogP contribution < -0.4 is 23.7 Å². The van der Waals surface area contributed by atoms with Crippen LogP contribution in [-0.2, 0) is 4.74 Å². The van der Waals surface area contributed by atoms with Crippen molar-refractivity contribution in [3.63, 3.8) is 0 Å². The summed E-state index contributed by atoms with van der Waals surface area (Å²) in [6.07, 6.45) is 1.53. The molecule has 0 aliphatic carbocycles. The summed E-state index contributed by atoms with van der Waals surface area (Å²) in [6.45, 7) is 2.17. The lowest BCUT2D eigenvalue weighted by atomic mass is 10.0. The second kappa shape index (κ2) is 9.56. The average Bonchev–Trinajstić information content (AvgIpc) is 3.35. The van der Waals surface area contributed by atoms with Crippen molar-refractivity contribution in [1.29, 1.82) is 0 Å². The molecule has 1 aliphatic rings. The number of ether oxygens (including phenoxy) is 6. The van der Waals surface area contributed by atoms with Gasteiger partial charge < -0.3 is 33.5 Å². The zero-order chi connectivity index (χ0) is 21.0. The van der Waals surface area contributed by atoms with Gasteiger partial charge in [0.25, 0.3) is 0 Å². The van der Waals surface area contributed by atoms with Gasteiger partial charge in [-0.15, -0.1) is 11.3 Å². The molecule has 7 nitrogen and oxygen atoms in total. The molecule has 1 aliphatic heterocycles. The van der Waals surface area contributed by atoms with Crippen LogP contribution >= 0.6 is 11.3 Å². The zero-order valence-corrected chi connectivity index (χ0v) is 18.3. The van der Waals surface area contributed by atoms with Crippen molar-refractivity contribution < 1.29 is 33.5 Å². The van der Waals surface area contributed by atoms with E-state index in [1.54, 1.807) is 39.8 Å². The Labute approximate surface area is 175 Å². The summed E-state index contributed by atoms with van der Waals surface area (Å²) in [4.78, 5) is 2.01. The summed E-state index contributed by atoms with van der Waals surface area (Å²) in [7, 11) is 6.42. The Kier molecular flexibility index (Phi) is 7.10. The topological polar surface area (TPSA) is 75.6 Å². The van der Waals surface area contributed by atoms with Crippen molar-refractivity contribution in [3.05, 3.63) is 27.5 Å². The summed E-state index contributed by atoms with van der Waals surface area (Å²) in [5.41, 5.74) is 0.978. The maximum Gasteiger partial charge on any atom is 0.203 e. The molecule has 29 heavy (non-hydrogen) atoms. The van der Waals surface area contributed by atoms with Crippen LogP contribution in [-0.4, -0.2) is 46.8 Å². The summed E-state index contributed by atoms with van der Waals surface area (Å²) in [5.74, 6) is 3.16. The van der Waals surface area contributed by atoms with Crippen LogP contribution in [0, 0.1) is 6.92 Å². The van der Waals surface area contributed by atoms with E-state index < -0.39 is 0 Å². The van der Waals surface area contributed by atoms with Gasteiger partial charge in [0.2, 0.25) is 5.75 Å². The Hall–Kier alpha value is -2.16. The maximum atomic E-state index is 9.07. The van der Waals surface area contributed by atoms with E-state index in [0.717, 1.165) is 28.2 Å². The van der Waals surface area contributed by atoms with Crippen LogP contribution in [0.2, 0.25) is 0 Å². The monoisotopic (exact) mass is 424 g/mol. The minimum atomic E-state index is -0.0948. The smallest absolute Gasteiger partial charge is 0.203 e. The molecule has 0 radical (unpaired) electrons. The Morgan fingerprint density at radius 2 is 1.55 bits per heavy atom. The Morgan fingerprint density at radius 3 is 2.10 bits per heavy atom. The van der Waals surface area contributed by atoms with Gasteiger partial charge in [-0.3, -0.25) is 0 Å². The first kappa shape index (κ1) is 21.5. The second-order valence-corrected chi connectivity index (χ2v) is 7.86. The molecule has 1 N–H and O–H groups in total. The molecule has 0 saturated carbocycles. The highest BCUT2D eigenvalue weighted by Crippen LogP contribution is 2.52. The van der Waals surface area contributed by atoms with E-state index in [-0.39, 0.29) is 25.4 Å². The van der Waals surface area contributed by atoms with E-state index in [1.807, 2.05) is 19.1 Å². The number of benzene rings is 1. The van der Waals surface area contributed by atoms with Gasteiger partial charge in [-0.25, -0.2) is 0 Å². The number of methoxy groups -OCH3 is 4. The molecule has 0 spiro atoms. The maximum absolute atomic E-state index is 9.07. The molecule has 1 aromatic heterocycles. The van der Waals surface area contributed by atoms with E-state index in [9.17, 15) is 0 Å². The molecule has 2 atom stereocenters. The van der Waals surface area contributed by atoms with Crippen molar-refractivity contribution in [1.82, 2.24) is 0 Å². The van der Waals surface area contributed by atoms with E-state index >= 15 is 0 Å². The molecule has 0 amide bonds. The largest absolute Gasteiger partial charge is 0.493 e. The van der Waals surface area contributed by atoms with Crippen molar-refractivity contribution >= 4 is 11.3 Å². The summed E-state index contributed by atoms with van der Waals surface area (Å²) in [5, 5.41) is 9.07. The first-order valence-corrected chi connectivity index (χ1v) is 10.3. The van der Waals surface area contributed by atoms with E-state index in [1.165, 1.54) is 0 Å². The minimum absolute atomic E-state index is 0.0447. The summed E-state index contributed by atoms with van der Waals surface area (Å²) >= 11 is 1.61. The molecule has 160 valence electrons. The van der Waals surface area contributed by atoms with Gasteiger partial charge in [0.05, 0.1) is 52.1 Å². The van der Waals surface area contributed by atoms with Crippen LogP contribution in [0.5, 0.6) is 28.7 Å². The highest BCUT2D eigenvalue weighted by molar-refractivity contribution is 7.12. The summed E-state index contributed by atoms with van der Waals surface area (Å²) in [6, 6.07) is 3.86. The van der Waals surface area contributed by atoms with Gasteiger partial charge in [0, 0.05) is 4.88 Å². The molecule has 1 aromatic carbocycles. The number of aryl methyl sites for hydroxylation is 1. The Bertz CT molecular complexity index is 808. The van der Waals surface area contributed by atoms with Crippen molar-refractivity contribution in [2.24, 2.45) is 0 Å². The first-order valence-electron chi connectivity index (χ1n) is 9.44. The molecule has 1 fully saturated rings. The quantitative estimate of drug-likeness (QED) is 0.651. The van der Waals surface area contributed by atoms with Crippen molar-refractivity contribution in [2.45, 2.75) is 32.0 Å². The number of rotatable bonds is 9. The van der Waals surface area contributed by atoms with Crippen LogP contribution in [0.4, 0.5) is 0 Å². The highest BCUT2D eigenvalue weighted by Gasteiger charge is 2.34. The predicted molar refractivity (Wildman–Crippen MR) is 110 cm³/mol. The molecule has 2 heterocycles. The van der Waals surface area contributed by atoms with Crippen LogP contribution in [0.3, 0.4) is 0 Å². The molecule has 1 saturated heterocycles.